The molecule has 0 aliphatic rings. The first-order valence-corrected chi connectivity index (χ1v) is 13.6. The number of nitriles is 1. The summed E-state index contributed by atoms with van der Waals surface area (Å²) in [7, 11) is 1.49. The van der Waals surface area contributed by atoms with E-state index in [2.05, 4.69) is 21.2 Å². The Morgan fingerprint density at radius 3 is 2.35 bits per heavy atom. The van der Waals surface area contributed by atoms with Gasteiger partial charge in [-0.05, 0) is 71.8 Å². The molecule has 1 N–H and O–H groups in total. The number of methoxy groups -OCH3 is 1. The van der Waals surface area contributed by atoms with E-state index in [1.807, 2.05) is 48.5 Å². The SMILES string of the molecule is COc1cc(/C=C(\C#N)C(=O)Nc2ccc(OCc3ccccc3Cl)cc2)cc(Cl)c1OCc1ccc(Br)cc1. The number of rotatable bonds is 10. The van der Waals surface area contributed by atoms with E-state index in [0.717, 1.165) is 15.6 Å². The summed E-state index contributed by atoms with van der Waals surface area (Å²) in [6.07, 6.45) is 1.43. The third kappa shape index (κ3) is 7.80. The number of carbonyl (C=O) groups is 1. The molecular formula is C31H23BrCl2N2O4. The number of anilines is 1. The van der Waals surface area contributed by atoms with Gasteiger partial charge in [0, 0.05) is 20.7 Å². The van der Waals surface area contributed by atoms with E-state index >= 15 is 0 Å². The van der Waals surface area contributed by atoms with Gasteiger partial charge in [-0.1, -0.05) is 69.5 Å². The highest BCUT2D eigenvalue weighted by molar-refractivity contribution is 9.10. The quantitative estimate of drug-likeness (QED) is 0.139. The minimum Gasteiger partial charge on any atom is -0.493 e. The largest absolute Gasteiger partial charge is 0.493 e. The van der Waals surface area contributed by atoms with Crippen molar-refractivity contribution >= 4 is 56.8 Å². The molecule has 0 unspecified atom stereocenters. The molecule has 1 amide bonds. The molecule has 0 saturated carbocycles. The molecule has 4 rings (SSSR count). The lowest BCUT2D eigenvalue weighted by atomic mass is 10.1. The van der Waals surface area contributed by atoms with Gasteiger partial charge in [0.2, 0.25) is 0 Å². The van der Waals surface area contributed by atoms with E-state index in [1.54, 1.807) is 42.5 Å². The predicted molar refractivity (Wildman–Crippen MR) is 161 cm³/mol. The Morgan fingerprint density at radius 1 is 0.950 bits per heavy atom. The molecule has 0 radical (unpaired) electrons. The van der Waals surface area contributed by atoms with Gasteiger partial charge in [-0.25, -0.2) is 0 Å². The molecule has 0 saturated heterocycles. The zero-order valence-corrected chi connectivity index (χ0v) is 24.4. The summed E-state index contributed by atoms with van der Waals surface area (Å²) < 4.78 is 18.1. The van der Waals surface area contributed by atoms with Crippen LogP contribution in [0.2, 0.25) is 10.0 Å². The Labute approximate surface area is 250 Å². The van der Waals surface area contributed by atoms with Crippen LogP contribution in [0.1, 0.15) is 16.7 Å². The molecule has 0 bridgehead atoms. The van der Waals surface area contributed by atoms with Crippen LogP contribution in [0.4, 0.5) is 5.69 Å². The van der Waals surface area contributed by atoms with Gasteiger partial charge in [-0.3, -0.25) is 4.79 Å². The van der Waals surface area contributed by atoms with Crippen LogP contribution in [0.3, 0.4) is 0 Å². The molecule has 6 nitrogen and oxygen atoms in total. The number of halogens is 3. The van der Waals surface area contributed by atoms with Crippen molar-refractivity contribution in [3.8, 4) is 23.3 Å². The van der Waals surface area contributed by atoms with Gasteiger partial charge >= 0.3 is 0 Å². The van der Waals surface area contributed by atoms with Gasteiger partial charge in [0.1, 0.15) is 30.6 Å². The third-order valence-corrected chi connectivity index (χ3v) is 6.87. The minimum absolute atomic E-state index is 0.110. The number of amides is 1. The number of nitrogens with one attached hydrogen (secondary N) is 1. The first-order valence-electron chi connectivity index (χ1n) is 12.0. The number of benzene rings is 4. The van der Waals surface area contributed by atoms with Crippen molar-refractivity contribution in [1.82, 2.24) is 0 Å². The summed E-state index contributed by atoms with van der Waals surface area (Å²) in [5, 5.41) is 13.3. The molecule has 0 spiro atoms. The van der Waals surface area contributed by atoms with Crippen LogP contribution in [-0.4, -0.2) is 13.0 Å². The Hall–Kier alpha value is -3.96. The van der Waals surface area contributed by atoms with Crippen LogP contribution in [0.15, 0.2) is 95.0 Å². The summed E-state index contributed by atoms with van der Waals surface area (Å²) >= 11 is 16.1. The second kappa shape index (κ2) is 13.9. The normalized spacial score (nSPS) is 10.9. The summed E-state index contributed by atoms with van der Waals surface area (Å²) in [5.74, 6) is 0.779. The van der Waals surface area contributed by atoms with Crippen LogP contribution in [0, 0.1) is 11.3 Å². The smallest absolute Gasteiger partial charge is 0.266 e. The van der Waals surface area contributed by atoms with E-state index < -0.39 is 5.91 Å². The van der Waals surface area contributed by atoms with E-state index in [-0.39, 0.29) is 17.2 Å². The van der Waals surface area contributed by atoms with Gasteiger partial charge in [0.05, 0.1) is 12.1 Å². The van der Waals surface area contributed by atoms with Gasteiger partial charge in [-0.15, -0.1) is 0 Å². The maximum absolute atomic E-state index is 12.8. The van der Waals surface area contributed by atoms with Gasteiger partial charge in [0.15, 0.2) is 11.5 Å². The third-order valence-electron chi connectivity index (χ3n) is 5.69. The predicted octanol–water partition coefficient (Wildman–Crippen LogP) is 8.47. The highest BCUT2D eigenvalue weighted by Crippen LogP contribution is 2.37. The fourth-order valence-corrected chi connectivity index (χ4v) is 4.35. The maximum atomic E-state index is 12.8. The lowest BCUT2D eigenvalue weighted by Gasteiger charge is -2.14. The van der Waals surface area contributed by atoms with Gasteiger partial charge < -0.3 is 19.5 Å². The average molecular weight is 638 g/mol. The minimum atomic E-state index is -0.571. The Bertz CT molecular complexity index is 1570. The van der Waals surface area contributed by atoms with Crippen molar-refractivity contribution in [2.45, 2.75) is 13.2 Å². The van der Waals surface area contributed by atoms with Crippen molar-refractivity contribution in [3.63, 3.8) is 0 Å². The Morgan fingerprint density at radius 2 is 1.68 bits per heavy atom. The van der Waals surface area contributed by atoms with Crippen molar-refractivity contribution < 1.29 is 19.0 Å². The van der Waals surface area contributed by atoms with Crippen molar-refractivity contribution in [2.24, 2.45) is 0 Å². The number of hydrogen-bond donors (Lipinski definition) is 1. The Kier molecular flexibility index (Phi) is 10.1. The molecule has 4 aromatic carbocycles. The zero-order valence-electron chi connectivity index (χ0n) is 21.3. The summed E-state index contributed by atoms with van der Waals surface area (Å²) in [6, 6.07) is 27.2. The Balaban J connectivity index is 1.42. The number of nitrogens with zero attached hydrogens (tertiary/aromatic N) is 1. The monoisotopic (exact) mass is 636 g/mol. The highest BCUT2D eigenvalue weighted by Gasteiger charge is 2.15. The second-order valence-electron chi connectivity index (χ2n) is 8.48. The molecule has 40 heavy (non-hydrogen) atoms. The maximum Gasteiger partial charge on any atom is 0.266 e. The van der Waals surface area contributed by atoms with Crippen LogP contribution in [0.5, 0.6) is 17.2 Å². The molecular weight excluding hydrogens is 615 g/mol. The molecule has 0 aliphatic heterocycles. The zero-order chi connectivity index (χ0) is 28.5. The van der Waals surface area contributed by atoms with E-state index in [1.165, 1.54) is 13.2 Å². The number of hydrogen-bond acceptors (Lipinski definition) is 5. The van der Waals surface area contributed by atoms with Crippen LogP contribution in [0.25, 0.3) is 6.08 Å². The first kappa shape index (κ1) is 29.0. The van der Waals surface area contributed by atoms with Crippen molar-refractivity contribution in [1.29, 1.82) is 5.26 Å². The first-order chi connectivity index (χ1) is 19.4. The lowest BCUT2D eigenvalue weighted by Crippen LogP contribution is -2.13. The van der Waals surface area contributed by atoms with Crippen LogP contribution in [-0.2, 0) is 18.0 Å². The fourth-order valence-electron chi connectivity index (χ4n) is 3.62. The highest BCUT2D eigenvalue weighted by atomic mass is 79.9. The van der Waals surface area contributed by atoms with Gasteiger partial charge in [0.25, 0.3) is 5.91 Å². The average Bonchev–Trinajstić information content (AvgIpc) is 2.96. The molecule has 0 fully saturated rings. The van der Waals surface area contributed by atoms with Crippen LogP contribution < -0.4 is 19.5 Å². The van der Waals surface area contributed by atoms with Crippen molar-refractivity contribution in [2.75, 3.05) is 12.4 Å². The summed E-state index contributed by atoms with van der Waals surface area (Å²) in [5.41, 5.74) is 2.72. The summed E-state index contributed by atoms with van der Waals surface area (Å²) in [6.45, 7) is 0.598. The molecule has 0 atom stereocenters. The summed E-state index contributed by atoms with van der Waals surface area (Å²) in [4.78, 5) is 12.8. The van der Waals surface area contributed by atoms with E-state index in [4.69, 9.17) is 37.4 Å². The number of carbonyl (C=O) groups excluding carboxylic acids is 1. The van der Waals surface area contributed by atoms with E-state index in [9.17, 15) is 10.1 Å². The topological polar surface area (TPSA) is 80.6 Å². The molecule has 202 valence electrons. The molecule has 0 aromatic heterocycles. The van der Waals surface area contributed by atoms with Crippen molar-refractivity contribution in [3.05, 3.63) is 122 Å². The standard InChI is InChI=1S/C31H23BrCl2N2O4/c1-38-29-16-21(15-28(34)30(29)40-18-20-6-8-24(32)9-7-20)14-23(17-35)31(37)36-25-10-12-26(13-11-25)39-19-22-4-2-3-5-27(22)33/h2-16H,18-19H2,1H3,(H,36,37)/b23-14+. The van der Waals surface area contributed by atoms with Gasteiger partial charge in [-0.2, -0.15) is 5.26 Å². The van der Waals surface area contributed by atoms with Crippen LogP contribution >= 0.6 is 39.1 Å². The molecule has 4 aromatic rings. The second-order valence-corrected chi connectivity index (χ2v) is 10.2. The molecule has 9 heteroatoms. The molecule has 0 heterocycles. The lowest BCUT2D eigenvalue weighted by molar-refractivity contribution is -0.112. The number of ether oxygens (including phenoxy) is 3. The molecule has 0 aliphatic carbocycles. The fraction of sp³-hybridized carbons (Fsp3) is 0.0968. The van der Waals surface area contributed by atoms with E-state index in [0.29, 0.717) is 40.1 Å².